The summed E-state index contributed by atoms with van der Waals surface area (Å²) in [6.45, 7) is 4.42. The maximum absolute atomic E-state index is 12.2. The minimum Gasteiger partial charge on any atom is -0.360 e. The predicted octanol–water partition coefficient (Wildman–Crippen LogP) is 1.80. The average molecular weight is 390 g/mol. The van der Waals surface area contributed by atoms with Crippen molar-refractivity contribution in [3.8, 4) is 0 Å². The summed E-state index contributed by atoms with van der Waals surface area (Å²) in [5.41, 5.74) is 2.43. The van der Waals surface area contributed by atoms with Gasteiger partial charge in [0.25, 0.3) is 5.91 Å². The van der Waals surface area contributed by atoms with Gasteiger partial charge < -0.3 is 15.1 Å². The van der Waals surface area contributed by atoms with Crippen molar-refractivity contribution in [3.05, 3.63) is 59.1 Å². The quantitative estimate of drug-likeness (QED) is 0.701. The van der Waals surface area contributed by atoms with Crippen LogP contribution in [0.1, 0.15) is 10.4 Å². The van der Waals surface area contributed by atoms with Gasteiger partial charge >= 0.3 is 0 Å². The smallest absolute Gasteiger partial charge is 0.258 e. The number of nitrogens with zero attached hydrogens (tertiary/aromatic N) is 1. The molecule has 0 atom stereocenters. The van der Waals surface area contributed by atoms with E-state index in [4.69, 9.17) is 23.8 Å². The molecule has 1 aliphatic rings. The van der Waals surface area contributed by atoms with Gasteiger partial charge in [-0.25, -0.2) is 0 Å². The van der Waals surface area contributed by atoms with Crippen LogP contribution < -0.4 is 20.4 Å². The van der Waals surface area contributed by atoms with Gasteiger partial charge in [-0.1, -0.05) is 23.7 Å². The highest BCUT2D eigenvalue weighted by Gasteiger charge is 2.17. The Balaban J connectivity index is 1.56. The summed E-state index contributed by atoms with van der Waals surface area (Å²) >= 11 is 11.3. The number of quaternary nitrogens is 1. The first-order chi connectivity index (χ1) is 12.5. The second kappa shape index (κ2) is 8.49. The van der Waals surface area contributed by atoms with E-state index in [2.05, 4.69) is 34.7 Å². The van der Waals surface area contributed by atoms with Crippen LogP contribution in [0.25, 0.3) is 0 Å². The Morgan fingerprint density at radius 1 is 1.12 bits per heavy atom. The lowest BCUT2D eigenvalue weighted by molar-refractivity contribution is -0.880. The maximum atomic E-state index is 12.2. The number of halogens is 1. The van der Waals surface area contributed by atoms with E-state index < -0.39 is 0 Å². The van der Waals surface area contributed by atoms with Gasteiger partial charge in [0.2, 0.25) is 0 Å². The standard InChI is InChI=1S/C19H21ClN4OS/c1-23-10-12-24(13-11-23)15-8-6-14(7-9-15)21-19(26)22-18(25)16-4-2-3-5-17(16)20/h2-9H,10-13H2,1H3,(H2,21,22,25,26)/p+1. The van der Waals surface area contributed by atoms with Crippen LogP contribution in [-0.4, -0.2) is 44.2 Å². The third-order valence-corrected chi connectivity index (χ3v) is 4.99. The first kappa shape index (κ1) is 18.6. The summed E-state index contributed by atoms with van der Waals surface area (Å²) in [6.07, 6.45) is 0. The molecule has 26 heavy (non-hydrogen) atoms. The topological polar surface area (TPSA) is 48.8 Å². The largest absolute Gasteiger partial charge is 0.360 e. The Bertz CT molecular complexity index is 788. The third kappa shape index (κ3) is 4.72. The SMILES string of the molecule is C[NH+]1CCN(c2ccc(NC(=S)NC(=O)c3ccccc3Cl)cc2)CC1. The normalized spacial score (nSPS) is 14.8. The second-order valence-electron chi connectivity index (χ2n) is 6.38. The molecule has 2 aromatic rings. The van der Waals surface area contributed by atoms with Gasteiger partial charge in [0.15, 0.2) is 5.11 Å². The van der Waals surface area contributed by atoms with Crippen molar-refractivity contribution in [1.82, 2.24) is 5.32 Å². The summed E-state index contributed by atoms with van der Waals surface area (Å²) < 4.78 is 0. The number of hydrogen-bond acceptors (Lipinski definition) is 3. The van der Waals surface area contributed by atoms with Crippen LogP contribution >= 0.6 is 23.8 Å². The van der Waals surface area contributed by atoms with Gasteiger partial charge in [0, 0.05) is 11.4 Å². The number of likely N-dealkylation sites (N-methyl/N-ethyl adjacent to an activating group) is 1. The molecule has 3 rings (SSSR count). The van der Waals surface area contributed by atoms with Crippen LogP contribution in [0.2, 0.25) is 5.02 Å². The molecule has 1 heterocycles. The van der Waals surface area contributed by atoms with E-state index in [1.54, 1.807) is 29.2 Å². The average Bonchev–Trinajstić information content (AvgIpc) is 2.63. The molecule has 0 saturated carbocycles. The van der Waals surface area contributed by atoms with E-state index in [9.17, 15) is 4.79 Å². The fourth-order valence-electron chi connectivity index (χ4n) is 2.88. The van der Waals surface area contributed by atoms with Crippen LogP contribution in [0.15, 0.2) is 48.5 Å². The van der Waals surface area contributed by atoms with E-state index >= 15 is 0 Å². The zero-order valence-corrected chi connectivity index (χ0v) is 16.2. The summed E-state index contributed by atoms with van der Waals surface area (Å²) in [4.78, 5) is 16.2. The number of nitrogens with one attached hydrogen (secondary N) is 3. The summed E-state index contributed by atoms with van der Waals surface area (Å²) in [5, 5.41) is 6.32. The van der Waals surface area contributed by atoms with Crippen molar-refractivity contribution in [1.29, 1.82) is 0 Å². The number of rotatable bonds is 3. The number of hydrogen-bond donors (Lipinski definition) is 3. The molecule has 1 saturated heterocycles. The first-order valence-corrected chi connectivity index (χ1v) is 9.35. The molecule has 0 aromatic heterocycles. The second-order valence-corrected chi connectivity index (χ2v) is 7.19. The number of carbonyl (C=O) groups excluding carboxylic acids is 1. The number of benzene rings is 2. The summed E-state index contributed by atoms with van der Waals surface area (Å²) in [5.74, 6) is -0.329. The van der Waals surface area contributed by atoms with Crippen LogP contribution in [0.5, 0.6) is 0 Å². The van der Waals surface area contributed by atoms with Crippen molar-refractivity contribution < 1.29 is 9.69 Å². The maximum Gasteiger partial charge on any atom is 0.258 e. The lowest BCUT2D eigenvalue weighted by Crippen LogP contribution is -3.12. The van der Waals surface area contributed by atoms with Crippen molar-refractivity contribution in [2.75, 3.05) is 43.4 Å². The van der Waals surface area contributed by atoms with E-state index in [1.165, 1.54) is 5.69 Å². The molecule has 0 aliphatic carbocycles. The van der Waals surface area contributed by atoms with Gasteiger partial charge in [0.05, 0.1) is 43.8 Å². The monoisotopic (exact) mass is 389 g/mol. The molecule has 136 valence electrons. The van der Waals surface area contributed by atoms with E-state index in [0.717, 1.165) is 31.9 Å². The summed E-state index contributed by atoms with van der Waals surface area (Å²) in [6, 6.07) is 14.9. The Labute approximate surface area is 163 Å². The van der Waals surface area contributed by atoms with Gasteiger partial charge in [-0.15, -0.1) is 0 Å². The number of anilines is 2. The van der Waals surface area contributed by atoms with Crippen molar-refractivity contribution in [2.45, 2.75) is 0 Å². The third-order valence-electron chi connectivity index (χ3n) is 4.45. The zero-order valence-electron chi connectivity index (χ0n) is 14.6. The van der Waals surface area contributed by atoms with Crippen LogP contribution in [0, 0.1) is 0 Å². The molecule has 3 N–H and O–H groups in total. The molecule has 0 unspecified atom stereocenters. The molecule has 1 amide bonds. The number of thiocarbonyl (C=S) groups is 1. The minimum atomic E-state index is -0.329. The molecule has 0 radical (unpaired) electrons. The summed E-state index contributed by atoms with van der Waals surface area (Å²) in [7, 11) is 2.22. The van der Waals surface area contributed by atoms with E-state index in [-0.39, 0.29) is 11.0 Å². The molecular formula is C19H22ClN4OS+. The van der Waals surface area contributed by atoms with Crippen molar-refractivity contribution in [3.63, 3.8) is 0 Å². The zero-order chi connectivity index (χ0) is 18.5. The Hall–Kier alpha value is -2.15. The number of piperazine rings is 1. The molecule has 1 aliphatic heterocycles. The number of carbonyl (C=O) groups is 1. The molecule has 0 bridgehead atoms. The Morgan fingerprint density at radius 3 is 2.42 bits per heavy atom. The molecular weight excluding hydrogens is 368 g/mol. The van der Waals surface area contributed by atoms with Gasteiger partial charge in [-0.2, -0.15) is 0 Å². The van der Waals surface area contributed by atoms with Crippen molar-refractivity contribution >= 4 is 46.2 Å². The van der Waals surface area contributed by atoms with Gasteiger partial charge in [0.1, 0.15) is 0 Å². The molecule has 7 heteroatoms. The van der Waals surface area contributed by atoms with Crippen LogP contribution in [0.4, 0.5) is 11.4 Å². The fourth-order valence-corrected chi connectivity index (χ4v) is 3.31. The molecule has 2 aromatic carbocycles. The predicted molar refractivity (Wildman–Crippen MR) is 110 cm³/mol. The van der Waals surface area contributed by atoms with E-state index in [1.807, 2.05) is 12.1 Å². The highest BCUT2D eigenvalue weighted by molar-refractivity contribution is 7.80. The minimum absolute atomic E-state index is 0.242. The van der Waals surface area contributed by atoms with Crippen LogP contribution in [-0.2, 0) is 0 Å². The molecule has 0 spiro atoms. The molecule has 1 fully saturated rings. The first-order valence-electron chi connectivity index (χ1n) is 8.56. The van der Waals surface area contributed by atoms with Gasteiger partial charge in [-0.05, 0) is 48.6 Å². The number of amides is 1. The highest BCUT2D eigenvalue weighted by Crippen LogP contribution is 2.18. The highest BCUT2D eigenvalue weighted by atomic mass is 35.5. The lowest BCUT2D eigenvalue weighted by Gasteiger charge is -2.31. The Kier molecular flexibility index (Phi) is 6.08. The van der Waals surface area contributed by atoms with E-state index in [0.29, 0.717) is 10.6 Å². The van der Waals surface area contributed by atoms with Crippen molar-refractivity contribution in [2.24, 2.45) is 0 Å². The molecule has 5 nitrogen and oxygen atoms in total. The lowest BCUT2D eigenvalue weighted by atomic mass is 10.2. The van der Waals surface area contributed by atoms with Gasteiger partial charge in [-0.3, -0.25) is 10.1 Å². The fraction of sp³-hybridized carbons (Fsp3) is 0.263. The Morgan fingerprint density at radius 2 is 1.77 bits per heavy atom. The van der Waals surface area contributed by atoms with Crippen LogP contribution in [0.3, 0.4) is 0 Å².